The minimum absolute atomic E-state index is 0.186. The van der Waals surface area contributed by atoms with Gasteiger partial charge in [0.25, 0.3) is 0 Å². The predicted octanol–water partition coefficient (Wildman–Crippen LogP) is 3.03. The van der Waals surface area contributed by atoms with Crippen LogP contribution in [0.2, 0.25) is 0 Å². The fourth-order valence-corrected chi connectivity index (χ4v) is 2.20. The third-order valence-electron chi connectivity index (χ3n) is 3.18. The summed E-state index contributed by atoms with van der Waals surface area (Å²) in [5.41, 5.74) is 3.49. The maximum atomic E-state index is 9.83. The molecule has 0 fully saturated rings. The zero-order chi connectivity index (χ0) is 13.0. The van der Waals surface area contributed by atoms with Crippen LogP contribution in [0.5, 0.6) is 0 Å². The van der Waals surface area contributed by atoms with Crippen molar-refractivity contribution in [3.8, 4) is 0 Å². The third-order valence-corrected chi connectivity index (χ3v) is 3.18. The topological polar surface area (TPSA) is 40.5 Å². The van der Waals surface area contributed by atoms with Gasteiger partial charge in [0.05, 0.1) is 6.10 Å². The van der Waals surface area contributed by atoms with Crippen molar-refractivity contribution < 1.29 is 10.2 Å². The van der Waals surface area contributed by atoms with Crippen LogP contribution in [0.1, 0.15) is 56.4 Å². The van der Waals surface area contributed by atoms with Crippen LogP contribution in [0.3, 0.4) is 0 Å². The monoisotopic (exact) mass is 236 g/mol. The van der Waals surface area contributed by atoms with E-state index in [0.717, 1.165) is 12.0 Å². The summed E-state index contributed by atoms with van der Waals surface area (Å²) in [4.78, 5) is 0. The van der Waals surface area contributed by atoms with Crippen molar-refractivity contribution in [2.24, 2.45) is 5.92 Å². The highest BCUT2D eigenvalue weighted by atomic mass is 16.3. The van der Waals surface area contributed by atoms with Gasteiger partial charge in [-0.2, -0.15) is 0 Å². The van der Waals surface area contributed by atoms with Gasteiger partial charge in [0.2, 0.25) is 0 Å². The molecule has 2 atom stereocenters. The highest BCUT2D eigenvalue weighted by molar-refractivity contribution is 5.38. The summed E-state index contributed by atoms with van der Waals surface area (Å²) < 4.78 is 0. The van der Waals surface area contributed by atoms with Gasteiger partial charge >= 0.3 is 0 Å². The minimum Gasteiger partial charge on any atom is -0.396 e. The predicted molar refractivity (Wildman–Crippen MR) is 71.1 cm³/mol. The Hall–Kier alpha value is -0.860. The number of hydrogen-bond acceptors (Lipinski definition) is 2. The Balaban J connectivity index is 3.18. The van der Waals surface area contributed by atoms with E-state index in [1.165, 1.54) is 11.1 Å². The van der Waals surface area contributed by atoms with Gasteiger partial charge in [-0.1, -0.05) is 39.0 Å². The lowest BCUT2D eigenvalue weighted by atomic mass is 9.86. The standard InChI is InChI=1S/C15H24O2/c1-10(2)13-6-5-7-14(12(4)17)15(13)8-11(3)9-16/h5-7,10-12,16-17H,8-9H2,1-4H3. The van der Waals surface area contributed by atoms with E-state index in [0.29, 0.717) is 5.92 Å². The molecule has 0 saturated heterocycles. The van der Waals surface area contributed by atoms with E-state index < -0.39 is 6.10 Å². The Labute approximate surface area is 104 Å². The molecule has 2 N–H and O–H groups in total. The van der Waals surface area contributed by atoms with E-state index in [-0.39, 0.29) is 12.5 Å². The molecule has 0 aromatic heterocycles. The van der Waals surface area contributed by atoms with Crippen molar-refractivity contribution in [2.45, 2.75) is 46.1 Å². The zero-order valence-electron chi connectivity index (χ0n) is 11.3. The van der Waals surface area contributed by atoms with Crippen LogP contribution in [-0.4, -0.2) is 16.8 Å². The average Bonchev–Trinajstić information content (AvgIpc) is 2.28. The van der Waals surface area contributed by atoms with E-state index in [1.807, 2.05) is 19.1 Å². The maximum Gasteiger partial charge on any atom is 0.0764 e. The first kappa shape index (κ1) is 14.2. The molecular weight excluding hydrogens is 212 g/mol. The number of rotatable bonds is 5. The van der Waals surface area contributed by atoms with Crippen molar-refractivity contribution in [3.63, 3.8) is 0 Å². The molecule has 0 aliphatic rings. The molecule has 0 aliphatic carbocycles. The molecule has 0 radical (unpaired) electrons. The van der Waals surface area contributed by atoms with Gasteiger partial charge in [0.1, 0.15) is 0 Å². The molecule has 96 valence electrons. The normalized spacial score (nSPS) is 15.0. The van der Waals surface area contributed by atoms with E-state index >= 15 is 0 Å². The molecule has 2 heteroatoms. The first-order chi connectivity index (χ1) is 7.97. The molecule has 0 amide bonds. The van der Waals surface area contributed by atoms with Gasteiger partial charge < -0.3 is 10.2 Å². The van der Waals surface area contributed by atoms with Gasteiger partial charge in [-0.15, -0.1) is 0 Å². The molecule has 1 aromatic carbocycles. The van der Waals surface area contributed by atoms with E-state index in [1.54, 1.807) is 6.92 Å². The molecule has 1 aromatic rings. The molecule has 1 rings (SSSR count). The smallest absolute Gasteiger partial charge is 0.0764 e. The summed E-state index contributed by atoms with van der Waals surface area (Å²) in [5.74, 6) is 0.669. The van der Waals surface area contributed by atoms with Crippen LogP contribution in [0.25, 0.3) is 0 Å². The number of aliphatic hydroxyl groups is 2. The van der Waals surface area contributed by atoms with Gasteiger partial charge in [-0.25, -0.2) is 0 Å². The molecule has 0 spiro atoms. The fraction of sp³-hybridized carbons (Fsp3) is 0.600. The second-order valence-electron chi connectivity index (χ2n) is 5.24. The van der Waals surface area contributed by atoms with Crippen molar-refractivity contribution in [1.29, 1.82) is 0 Å². The Bertz CT molecular complexity index is 330. The minimum atomic E-state index is -0.449. The molecule has 2 nitrogen and oxygen atoms in total. The average molecular weight is 236 g/mol. The van der Waals surface area contributed by atoms with Crippen molar-refractivity contribution in [1.82, 2.24) is 0 Å². The quantitative estimate of drug-likeness (QED) is 0.825. The SMILES string of the molecule is CC(CO)Cc1c(C(C)C)cccc1C(C)O. The van der Waals surface area contributed by atoms with E-state index in [4.69, 9.17) is 0 Å². The first-order valence-electron chi connectivity index (χ1n) is 6.38. The Morgan fingerprint density at radius 3 is 2.12 bits per heavy atom. The highest BCUT2D eigenvalue weighted by Crippen LogP contribution is 2.28. The second kappa shape index (κ2) is 6.18. The molecule has 0 aliphatic heterocycles. The van der Waals surface area contributed by atoms with Gasteiger partial charge in [0, 0.05) is 6.61 Å². The fourth-order valence-electron chi connectivity index (χ4n) is 2.20. The van der Waals surface area contributed by atoms with Gasteiger partial charge in [-0.3, -0.25) is 0 Å². The number of hydrogen-bond donors (Lipinski definition) is 2. The van der Waals surface area contributed by atoms with Gasteiger partial charge in [-0.05, 0) is 41.9 Å². The lowest BCUT2D eigenvalue weighted by molar-refractivity contribution is 0.196. The van der Waals surface area contributed by atoms with Crippen LogP contribution in [0.4, 0.5) is 0 Å². The van der Waals surface area contributed by atoms with E-state index in [2.05, 4.69) is 19.9 Å². The largest absolute Gasteiger partial charge is 0.396 e. The molecule has 0 bridgehead atoms. The van der Waals surface area contributed by atoms with Crippen LogP contribution >= 0.6 is 0 Å². The Kier molecular flexibility index (Phi) is 5.16. The summed E-state index contributed by atoms with van der Waals surface area (Å²) in [7, 11) is 0. The lowest BCUT2D eigenvalue weighted by Gasteiger charge is -2.21. The Morgan fingerprint density at radius 1 is 1.06 bits per heavy atom. The first-order valence-corrected chi connectivity index (χ1v) is 6.38. The second-order valence-corrected chi connectivity index (χ2v) is 5.24. The van der Waals surface area contributed by atoms with Crippen molar-refractivity contribution in [2.75, 3.05) is 6.61 Å². The van der Waals surface area contributed by atoms with Crippen molar-refractivity contribution >= 4 is 0 Å². The third kappa shape index (κ3) is 3.55. The summed E-state index contributed by atoms with van der Waals surface area (Å²) in [6.45, 7) is 8.34. The number of aliphatic hydroxyl groups excluding tert-OH is 2. The van der Waals surface area contributed by atoms with Crippen LogP contribution < -0.4 is 0 Å². The van der Waals surface area contributed by atoms with Crippen LogP contribution in [0.15, 0.2) is 18.2 Å². The molecule has 2 unspecified atom stereocenters. The Morgan fingerprint density at radius 2 is 1.65 bits per heavy atom. The summed E-state index contributed by atoms with van der Waals surface area (Å²) in [5, 5.41) is 19.0. The van der Waals surface area contributed by atoms with Crippen molar-refractivity contribution in [3.05, 3.63) is 34.9 Å². The summed E-state index contributed by atoms with van der Waals surface area (Å²) in [6, 6.07) is 6.11. The molecule has 0 heterocycles. The number of benzene rings is 1. The van der Waals surface area contributed by atoms with E-state index in [9.17, 15) is 10.2 Å². The zero-order valence-corrected chi connectivity index (χ0v) is 11.3. The van der Waals surface area contributed by atoms with Gasteiger partial charge in [0.15, 0.2) is 0 Å². The van der Waals surface area contributed by atoms with Crippen LogP contribution in [0, 0.1) is 5.92 Å². The molecule has 17 heavy (non-hydrogen) atoms. The summed E-state index contributed by atoms with van der Waals surface area (Å²) in [6.07, 6.45) is 0.375. The molecular formula is C15H24O2. The van der Waals surface area contributed by atoms with Crippen LogP contribution in [-0.2, 0) is 6.42 Å². The molecule has 0 saturated carbocycles. The summed E-state index contributed by atoms with van der Waals surface area (Å²) >= 11 is 0. The highest BCUT2D eigenvalue weighted by Gasteiger charge is 2.16. The maximum absolute atomic E-state index is 9.83. The lowest BCUT2D eigenvalue weighted by Crippen LogP contribution is -2.11.